The fourth-order valence-corrected chi connectivity index (χ4v) is 4.00. The van der Waals surface area contributed by atoms with Crippen molar-refractivity contribution in [2.24, 2.45) is 17.3 Å². The van der Waals surface area contributed by atoms with Gasteiger partial charge in [0.25, 0.3) is 0 Å². The number of hydrogen-bond acceptors (Lipinski definition) is 2. The highest BCUT2D eigenvalue weighted by molar-refractivity contribution is 4.89. The van der Waals surface area contributed by atoms with E-state index in [1.807, 2.05) is 0 Å². The molecule has 2 aliphatic rings. The van der Waals surface area contributed by atoms with Crippen LogP contribution in [0.15, 0.2) is 0 Å². The van der Waals surface area contributed by atoms with Crippen LogP contribution in [0.3, 0.4) is 0 Å². The third-order valence-electron chi connectivity index (χ3n) is 5.39. The van der Waals surface area contributed by atoms with E-state index in [0.717, 1.165) is 17.9 Å². The lowest BCUT2D eigenvalue weighted by molar-refractivity contribution is 0.122. The summed E-state index contributed by atoms with van der Waals surface area (Å²) in [5.41, 5.74) is 0.463. The Labute approximate surface area is 120 Å². The van der Waals surface area contributed by atoms with Gasteiger partial charge in [-0.1, -0.05) is 33.6 Å². The fourth-order valence-electron chi connectivity index (χ4n) is 4.00. The highest BCUT2D eigenvalue weighted by Gasteiger charge is 2.34. The Morgan fingerprint density at radius 2 is 1.63 bits per heavy atom. The second kappa shape index (κ2) is 6.58. The summed E-state index contributed by atoms with van der Waals surface area (Å²) < 4.78 is 0. The molecule has 0 spiro atoms. The lowest BCUT2D eigenvalue weighted by atomic mass is 9.69. The Morgan fingerprint density at radius 1 is 1.00 bits per heavy atom. The first-order valence-corrected chi connectivity index (χ1v) is 8.39. The molecular weight excluding hydrogens is 232 g/mol. The van der Waals surface area contributed by atoms with Crippen LogP contribution in [0.25, 0.3) is 0 Å². The normalized spacial score (nSPS) is 31.6. The number of nitrogens with one attached hydrogen (secondary N) is 1. The van der Waals surface area contributed by atoms with Crippen molar-refractivity contribution in [3.8, 4) is 0 Å². The van der Waals surface area contributed by atoms with Gasteiger partial charge in [0.1, 0.15) is 0 Å². The molecule has 1 N–H and O–H groups in total. The van der Waals surface area contributed by atoms with Gasteiger partial charge in [-0.25, -0.2) is 0 Å². The molecule has 2 atom stereocenters. The van der Waals surface area contributed by atoms with Gasteiger partial charge in [-0.2, -0.15) is 0 Å². The monoisotopic (exact) mass is 266 g/mol. The van der Waals surface area contributed by atoms with Crippen LogP contribution in [0.4, 0.5) is 0 Å². The first kappa shape index (κ1) is 15.3. The highest BCUT2D eigenvalue weighted by Crippen LogP contribution is 2.38. The van der Waals surface area contributed by atoms with Crippen molar-refractivity contribution >= 4 is 0 Å². The molecule has 112 valence electrons. The van der Waals surface area contributed by atoms with Gasteiger partial charge >= 0.3 is 0 Å². The Balaban J connectivity index is 1.80. The van der Waals surface area contributed by atoms with Gasteiger partial charge in [0.05, 0.1) is 0 Å². The molecule has 2 unspecified atom stereocenters. The molecule has 2 rings (SSSR count). The van der Waals surface area contributed by atoms with Crippen LogP contribution in [-0.2, 0) is 0 Å². The minimum absolute atomic E-state index is 0.463. The zero-order valence-corrected chi connectivity index (χ0v) is 13.5. The number of piperidine rings is 1. The molecule has 0 bridgehead atoms. The lowest BCUT2D eigenvalue weighted by Crippen LogP contribution is -2.46. The molecule has 0 aromatic heterocycles. The number of hydrogen-bond donors (Lipinski definition) is 1. The maximum atomic E-state index is 3.94. The summed E-state index contributed by atoms with van der Waals surface area (Å²) in [6, 6.07) is 0.772. The third kappa shape index (κ3) is 4.46. The second-order valence-electron chi connectivity index (χ2n) is 8.02. The van der Waals surface area contributed by atoms with Crippen LogP contribution >= 0.6 is 0 Å². The van der Waals surface area contributed by atoms with Crippen LogP contribution in [0.2, 0.25) is 0 Å². The summed E-state index contributed by atoms with van der Waals surface area (Å²) in [5, 5.41) is 3.94. The average Bonchev–Trinajstić information content (AvgIpc) is 2.37. The van der Waals surface area contributed by atoms with E-state index in [1.165, 1.54) is 58.2 Å². The molecule has 2 heteroatoms. The molecule has 1 aliphatic carbocycles. The third-order valence-corrected chi connectivity index (χ3v) is 5.39. The maximum Gasteiger partial charge on any atom is 0.0100 e. The molecule has 1 heterocycles. The number of rotatable bonds is 3. The SMILES string of the molecule is CN1CCC(CNC2CCCCC2C(C)(C)C)CC1. The van der Waals surface area contributed by atoms with Gasteiger partial charge in [0.15, 0.2) is 0 Å². The maximum absolute atomic E-state index is 3.94. The first-order chi connectivity index (χ1) is 8.97. The first-order valence-electron chi connectivity index (χ1n) is 8.39. The molecule has 1 aliphatic heterocycles. The van der Waals surface area contributed by atoms with Crippen LogP contribution in [0, 0.1) is 17.3 Å². The summed E-state index contributed by atoms with van der Waals surface area (Å²) in [6.07, 6.45) is 8.46. The Hall–Kier alpha value is -0.0800. The Morgan fingerprint density at radius 3 is 2.26 bits per heavy atom. The van der Waals surface area contributed by atoms with E-state index in [0.29, 0.717) is 5.41 Å². The van der Waals surface area contributed by atoms with E-state index in [9.17, 15) is 0 Å². The van der Waals surface area contributed by atoms with Crippen molar-refractivity contribution in [2.75, 3.05) is 26.7 Å². The molecule has 0 radical (unpaired) electrons. The molecule has 2 fully saturated rings. The van der Waals surface area contributed by atoms with Gasteiger partial charge < -0.3 is 10.2 Å². The molecule has 0 aromatic carbocycles. The van der Waals surface area contributed by atoms with E-state index in [-0.39, 0.29) is 0 Å². The summed E-state index contributed by atoms with van der Waals surface area (Å²) in [6.45, 7) is 11.1. The molecule has 19 heavy (non-hydrogen) atoms. The van der Waals surface area contributed by atoms with Gasteiger partial charge in [-0.15, -0.1) is 0 Å². The van der Waals surface area contributed by atoms with Crippen molar-refractivity contribution in [2.45, 2.75) is 65.3 Å². The summed E-state index contributed by atoms with van der Waals surface area (Å²) in [5.74, 6) is 1.78. The van der Waals surface area contributed by atoms with Crippen LogP contribution in [-0.4, -0.2) is 37.6 Å². The van der Waals surface area contributed by atoms with Gasteiger partial charge in [-0.3, -0.25) is 0 Å². The van der Waals surface area contributed by atoms with Crippen molar-refractivity contribution in [1.29, 1.82) is 0 Å². The summed E-state index contributed by atoms with van der Waals surface area (Å²) in [7, 11) is 2.25. The molecule has 0 amide bonds. The van der Waals surface area contributed by atoms with Crippen molar-refractivity contribution in [3.63, 3.8) is 0 Å². The smallest absolute Gasteiger partial charge is 0.0100 e. The predicted octanol–water partition coefficient (Wildman–Crippen LogP) is 3.52. The van der Waals surface area contributed by atoms with Crippen molar-refractivity contribution in [3.05, 3.63) is 0 Å². The fraction of sp³-hybridized carbons (Fsp3) is 1.00. The van der Waals surface area contributed by atoms with Gasteiger partial charge in [0.2, 0.25) is 0 Å². The molecular formula is C17H34N2. The lowest BCUT2D eigenvalue weighted by Gasteiger charge is -2.42. The second-order valence-corrected chi connectivity index (χ2v) is 8.02. The van der Waals surface area contributed by atoms with Crippen LogP contribution < -0.4 is 5.32 Å². The zero-order valence-electron chi connectivity index (χ0n) is 13.5. The molecule has 0 aromatic rings. The average molecular weight is 266 g/mol. The highest BCUT2D eigenvalue weighted by atomic mass is 15.1. The largest absolute Gasteiger partial charge is 0.313 e. The molecule has 2 nitrogen and oxygen atoms in total. The van der Waals surface area contributed by atoms with Crippen LogP contribution in [0.5, 0.6) is 0 Å². The number of nitrogens with zero attached hydrogens (tertiary/aromatic N) is 1. The van der Waals surface area contributed by atoms with Crippen molar-refractivity contribution < 1.29 is 0 Å². The molecule has 1 saturated carbocycles. The zero-order chi connectivity index (χ0) is 13.9. The predicted molar refractivity (Wildman–Crippen MR) is 83.4 cm³/mol. The Kier molecular flexibility index (Phi) is 5.30. The van der Waals surface area contributed by atoms with Crippen molar-refractivity contribution in [1.82, 2.24) is 10.2 Å². The van der Waals surface area contributed by atoms with E-state index in [4.69, 9.17) is 0 Å². The number of likely N-dealkylation sites (tertiary alicyclic amines) is 1. The van der Waals surface area contributed by atoms with E-state index in [1.54, 1.807) is 0 Å². The topological polar surface area (TPSA) is 15.3 Å². The van der Waals surface area contributed by atoms with Crippen LogP contribution in [0.1, 0.15) is 59.3 Å². The summed E-state index contributed by atoms with van der Waals surface area (Å²) in [4.78, 5) is 2.47. The van der Waals surface area contributed by atoms with E-state index in [2.05, 4.69) is 38.0 Å². The summed E-state index contributed by atoms with van der Waals surface area (Å²) >= 11 is 0. The Bertz CT molecular complexity index is 261. The van der Waals surface area contributed by atoms with E-state index >= 15 is 0 Å². The van der Waals surface area contributed by atoms with Gasteiger partial charge in [-0.05, 0) is 69.6 Å². The molecule has 1 saturated heterocycles. The standard InChI is InChI=1S/C17H34N2/c1-17(2,3)15-7-5-6-8-16(15)18-13-14-9-11-19(4)12-10-14/h14-16,18H,5-13H2,1-4H3. The quantitative estimate of drug-likeness (QED) is 0.841. The minimum Gasteiger partial charge on any atom is -0.313 e. The minimum atomic E-state index is 0.463. The van der Waals surface area contributed by atoms with Gasteiger partial charge in [0, 0.05) is 6.04 Å². The van der Waals surface area contributed by atoms with E-state index < -0.39 is 0 Å².